The highest BCUT2D eigenvalue weighted by atomic mass is 127. The first-order valence-electron chi connectivity index (χ1n) is 7.71. The number of aromatic nitrogens is 1. The van der Waals surface area contributed by atoms with E-state index in [2.05, 4.69) is 15.3 Å². The lowest BCUT2D eigenvalue weighted by Gasteiger charge is -2.23. The number of pyridine rings is 1. The summed E-state index contributed by atoms with van der Waals surface area (Å²) in [6.45, 7) is 1.26. The fourth-order valence-electron chi connectivity index (χ4n) is 2.39. The average molecular weight is 456 g/mol. The van der Waals surface area contributed by atoms with E-state index in [0.29, 0.717) is 19.0 Å². The molecule has 1 aromatic heterocycles. The topological polar surface area (TPSA) is 59.0 Å². The van der Waals surface area contributed by atoms with E-state index in [9.17, 15) is 0 Å². The molecule has 1 N–H and O–H groups in total. The highest BCUT2D eigenvalue weighted by Gasteiger charge is 2.10. The van der Waals surface area contributed by atoms with Crippen LogP contribution in [0.3, 0.4) is 0 Å². The summed E-state index contributed by atoms with van der Waals surface area (Å²) in [5.41, 5.74) is 1.99. The first kappa shape index (κ1) is 21.0. The maximum atomic E-state index is 5.40. The van der Waals surface area contributed by atoms with E-state index in [1.807, 2.05) is 54.4 Å². The number of nitrogens with one attached hydrogen (secondary N) is 1. The lowest BCUT2D eigenvalue weighted by Crippen LogP contribution is -2.38. The van der Waals surface area contributed by atoms with Crippen LogP contribution in [0.2, 0.25) is 0 Å². The number of hydrogen-bond donors (Lipinski definition) is 1. The third kappa shape index (κ3) is 6.08. The second-order valence-corrected chi connectivity index (χ2v) is 5.24. The lowest BCUT2D eigenvalue weighted by atomic mass is 10.2. The summed E-state index contributed by atoms with van der Waals surface area (Å²) < 4.78 is 10.6. The van der Waals surface area contributed by atoms with Crippen LogP contribution in [0, 0.1) is 0 Å². The number of halogens is 1. The first-order chi connectivity index (χ1) is 11.7. The molecule has 7 heteroatoms. The van der Waals surface area contributed by atoms with E-state index in [-0.39, 0.29) is 24.0 Å². The van der Waals surface area contributed by atoms with Crippen LogP contribution in [0.25, 0.3) is 0 Å². The second-order valence-electron chi connectivity index (χ2n) is 5.24. The van der Waals surface area contributed by atoms with E-state index < -0.39 is 0 Å². The van der Waals surface area contributed by atoms with Gasteiger partial charge in [0.05, 0.1) is 26.5 Å². The zero-order valence-electron chi connectivity index (χ0n) is 15.0. The maximum absolute atomic E-state index is 5.40. The minimum atomic E-state index is 0. The van der Waals surface area contributed by atoms with Crippen molar-refractivity contribution in [2.45, 2.75) is 13.1 Å². The average Bonchev–Trinajstić information content (AvgIpc) is 2.63. The molecule has 0 bridgehead atoms. The summed E-state index contributed by atoms with van der Waals surface area (Å²) in [6, 6.07) is 13.7. The van der Waals surface area contributed by atoms with E-state index in [1.165, 1.54) is 0 Å². The Kier molecular flexibility index (Phi) is 9.04. The molecule has 0 fully saturated rings. The summed E-state index contributed by atoms with van der Waals surface area (Å²) >= 11 is 0. The van der Waals surface area contributed by atoms with Crippen LogP contribution in [0.15, 0.2) is 47.5 Å². The van der Waals surface area contributed by atoms with Crippen LogP contribution in [-0.4, -0.2) is 44.2 Å². The van der Waals surface area contributed by atoms with Crippen molar-refractivity contribution < 1.29 is 9.47 Å². The van der Waals surface area contributed by atoms with Crippen LogP contribution in [-0.2, 0) is 13.1 Å². The number of nitrogens with zero attached hydrogens (tertiary/aromatic N) is 3. The zero-order chi connectivity index (χ0) is 17.4. The molecule has 0 radical (unpaired) electrons. The van der Waals surface area contributed by atoms with Crippen molar-refractivity contribution in [1.82, 2.24) is 15.2 Å². The predicted molar refractivity (Wildman–Crippen MR) is 111 cm³/mol. The van der Waals surface area contributed by atoms with Crippen LogP contribution in [0.4, 0.5) is 0 Å². The summed E-state index contributed by atoms with van der Waals surface area (Å²) in [5.74, 6) is 2.26. The molecule has 2 rings (SSSR count). The molecule has 0 atom stereocenters. The van der Waals surface area contributed by atoms with Gasteiger partial charge in [-0.15, -0.1) is 24.0 Å². The van der Waals surface area contributed by atoms with Crippen LogP contribution >= 0.6 is 24.0 Å². The number of ether oxygens (including phenoxy) is 2. The van der Waals surface area contributed by atoms with Crippen molar-refractivity contribution in [2.24, 2.45) is 4.99 Å². The minimum absolute atomic E-state index is 0. The number of para-hydroxylation sites is 1. The smallest absolute Gasteiger partial charge is 0.213 e. The molecular weight excluding hydrogens is 431 g/mol. The van der Waals surface area contributed by atoms with Gasteiger partial charge in [-0.2, -0.15) is 0 Å². The number of hydrogen-bond acceptors (Lipinski definition) is 4. The van der Waals surface area contributed by atoms with Gasteiger partial charge in [-0.1, -0.05) is 24.3 Å². The number of methoxy groups -OCH3 is 2. The SMILES string of the molecule is CN=C(NCc1cccc(OC)n1)N(C)Cc1ccccc1OC.I. The number of guanidine groups is 1. The van der Waals surface area contributed by atoms with E-state index in [0.717, 1.165) is 23.0 Å². The highest BCUT2D eigenvalue weighted by molar-refractivity contribution is 14.0. The van der Waals surface area contributed by atoms with Crippen molar-refractivity contribution in [1.29, 1.82) is 0 Å². The number of benzene rings is 1. The van der Waals surface area contributed by atoms with Crippen LogP contribution < -0.4 is 14.8 Å². The second kappa shape index (κ2) is 10.8. The van der Waals surface area contributed by atoms with Crippen LogP contribution in [0.1, 0.15) is 11.3 Å². The van der Waals surface area contributed by atoms with Gasteiger partial charge in [0.2, 0.25) is 5.88 Å². The van der Waals surface area contributed by atoms with Gasteiger partial charge < -0.3 is 19.7 Å². The van der Waals surface area contributed by atoms with Crippen molar-refractivity contribution in [3.05, 3.63) is 53.7 Å². The summed E-state index contributed by atoms with van der Waals surface area (Å²) in [4.78, 5) is 10.8. The summed E-state index contributed by atoms with van der Waals surface area (Å²) in [7, 11) is 7.04. The van der Waals surface area contributed by atoms with Gasteiger partial charge in [0, 0.05) is 32.3 Å². The molecule has 0 aliphatic heterocycles. The Morgan fingerprint density at radius 1 is 1.12 bits per heavy atom. The number of rotatable bonds is 6. The van der Waals surface area contributed by atoms with E-state index in [1.54, 1.807) is 21.3 Å². The predicted octanol–water partition coefficient (Wildman–Crippen LogP) is 2.92. The molecule has 1 aromatic carbocycles. The maximum Gasteiger partial charge on any atom is 0.213 e. The monoisotopic (exact) mass is 456 g/mol. The molecule has 0 amide bonds. The third-order valence-electron chi connectivity index (χ3n) is 3.59. The molecule has 0 spiro atoms. The molecule has 0 saturated carbocycles. The van der Waals surface area contributed by atoms with Gasteiger partial charge in [-0.25, -0.2) is 4.98 Å². The normalized spacial score (nSPS) is 10.6. The fraction of sp³-hybridized carbons (Fsp3) is 0.333. The molecule has 25 heavy (non-hydrogen) atoms. The molecule has 0 aliphatic rings. The highest BCUT2D eigenvalue weighted by Crippen LogP contribution is 2.18. The quantitative estimate of drug-likeness (QED) is 0.412. The molecule has 0 unspecified atom stereocenters. The fourth-order valence-corrected chi connectivity index (χ4v) is 2.39. The van der Waals surface area contributed by atoms with E-state index in [4.69, 9.17) is 9.47 Å². The van der Waals surface area contributed by atoms with Gasteiger partial charge in [0.15, 0.2) is 5.96 Å². The van der Waals surface area contributed by atoms with Gasteiger partial charge in [-0.3, -0.25) is 4.99 Å². The van der Waals surface area contributed by atoms with Crippen molar-refractivity contribution in [3.8, 4) is 11.6 Å². The third-order valence-corrected chi connectivity index (χ3v) is 3.59. The Morgan fingerprint density at radius 3 is 2.56 bits per heavy atom. The van der Waals surface area contributed by atoms with Crippen molar-refractivity contribution >= 4 is 29.9 Å². The van der Waals surface area contributed by atoms with Crippen molar-refractivity contribution in [3.63, 3.8) is 0 Å². The Hall–Kier alpha value is -2.03. The Bertz CT molecular complexity index is 694. The summed E-state index contributed by atoms with van der Waals surface area (Å²) in [5, 5.41) is 3.31. The van der Waals surface area contributed by atoms with Gasteiger partial charge >= 0.3 is 0 Å². The molecule has 6 nitrogen and oxygen atoms in total. The molecule has 1 heterocycles. The molecule has 0 aliphatic carbocycles. The zero-order valence-corrected chi connectivity index (χ0v) is 17.4. The Labute approximate surface area is 166 Å². The Balaban J connectivity index is 0.00000312. The minimum Gasteiger partial charge on any atom is -0.496 e. The van der Waals surface area contributed by atoms with Crippen molar-refractivity contribution in [2.75, 3.05) is 28.3 Å². The van der Waals surface area contributed by atoms with Gasteiger partial charge in [0.1, 0.15) is 5.75 Å². The van der Waals surface area contributed by atoms with Gasteiger partial charge in [-0.05, 0) is 12.1 Å². The first-order valence-corrected chi connectivity index (χ1v) is 7.71. The Morgan fingerprint density at radius 2 is 1.88 bits per heavy atom. The lowest BCUT2D eigenvalue weighted by molar-refractivity contribution is 0.394. The van der Waals surface area contributed by atoms with Gasteiger partial charge in [0.25, 0.3) is 0 Å². The molecule has 136 valence electrons. The molecular formula is C18H25IN4O2. The number of aliphatic imine (C=N–C) groups is 1. The molecule has 0 saturated heterocycles. The standard InChI is InChI=1S/C18H24N4O2.HI/c1-19-18(20-12-15-9-7-11-17(21-15)24-4)22(2)13-14-8-5-6-10-16(14)23-3;/h5-11H,12-13H2,1-4H3,(H,19,20);1H. The summed E-state index contributed by atoms with van der Waals surface area (Å²) in [6.07, 6.45) is 0. The van der Waals surface area contributed by atoms with E-state index >= 15 is 0 Å². The largest absolute Gasteiger partial charge is 0.496 e. The molecule has 2 aromatic rings. The van der Waals surface area contributed by atoms with Crippen LogP contribution in [0.5, 0.6) is 11.6 Å².